The zero-order valence-corrected chi connectivity index (χ0v) is 13.0. The minimum absolute atomic E-state index is 0. The van der Waals surface area contributed by atoms with Crippen molar-refractivity contribution in [1.82, 2.24) is 0 Å². The van der Waals surface area contributed by atoms with Gasteiger partial charge in [0.05, 0.1) is 5.41 Å². The van der Waals surface area contributed by atoms with E-state index in [1.54, 1.807) is 0 Å². The molecule has 3 nitrogen and oxygen atoms in total. The van der Waals surface area contributed by atoms with Gasteiger partial charge in [0.1, 0.15) is 6.61 Å². The Kier molecular flexibility index (Phi) is 6.03. The number of nitrogens with two attached hydrogens (primary N) is 1. The van der Waals surface area contributed by atoms with E-state index in [0.29, 0.717) is 6.61 Å². The molecule has 0 aromatic heterocycles. The maximum absolute atomic E-state index is 12.4. The summed E-state index contributed by atoms with van der Waals surface area (Å²) >= 11 is 0. The second-order valence-electron chi connectivity index (χ2n) is 5.88. The maximum Gasteiger partial charge on any atom is 0.312 e. The molecule has 0 heterocycles. The van der Waals surface area contributed by atoms with Gasteiger partial charge in [-0.15, -0.1) is 12.4 Å². The molecule has 1 aliphatic rings. The second kappa shape index (κ2) is 7.09. The van der Waals surface area contributed by atoms with E-state index in [2.05, 4.69) is 13.8 Å². The number of esters is 1. The van der Waals surface area contributed by atoms with Gasteiger partial charge in [-0.05, 0) is 30.7 Å². The van der Waals surface area contributed by atoms with Crippen LogP contribution < -0.4 is 5.73 Å². The molecule has 0 saturated heterocycles. The van der Waals surface area contributed by atoms with Crippen molar-refractivity contribution in [2.45, 2.75) is 45.8 Å². The van der Waals surface area contributed by atoms with Crippen LogP contribution >= 0.6 is 12.4 Å². The van der Waals surface area contributed by atoms with Crippen LogP contribution in [0.3, 0.4) is 0 Å². The van der Waals surface area contributed by atoms with Gasteiger partial charge in [-0.1, -0.05) is 44.2 Å². The Morgan fingerprint density at radius 3 is 2.55 bits per heavy atom. The maximum atomic E-state index is 12.4. The fraction of sp³-hybridized carbons (Fsp3) is 0.562. The van der Waals surface area contributed by atoms with E-state index < -0.39 is 0 Å². The second-order valence-corrected chi connectivity index (χ2v) is 5.88. The summed E-state index contributed by atoms with van der Waals surface area (Å²) in [7, 11) is 0. The lowest BCUT2D eigenvalue weighted by Crippen LogP contribution is -2.36. The molecule has 1 aromatic rings. The van der Waals surface area contributed by atoms with Gasteiger partial charge in [-0.2, -0.15) is 0 Å². The van der Waals surface area contributed by atoms with Crippen LogP contribution in [0.15, 0.2) is 30.3 Å². The summed E-state index contributed by atoms with van der Waals surface area (Å²) in [4.78, 5) is 12.4. The summed E-state index contributed by atoms with van der Waals surface area (Å²) in [6.07, 6.45) is 2.51. The molecule has 0 radical (unpaired) electrons. The zero-order valence-electron chi connectivity index (χ0n) is 12.2. The first kappa shape index (κ1) is 17.0. The summed E-state index contributed by atoms with van der Waals surface area (Å²) in [6, 6.07) is 9.92. The number of halogens is 1. The quantitative estimate of drug-likeness (QED) is 0.868. The Hall–Kier alpha value is -1.06. The Balaban J connectivity index is 0.00000200. The smallest absolute Gasteiger partial charge is 0.312 e. The number of rotatable bonds is 4. The molecule has 1 aliphatic carbocycles. The minimum atomic E-state index is -0.381. The Morgan fingerprint density at radius 1 is 1.40 bits per heavy atom. The van der Waals surface area contributed by atoms with Crippen molar-refractivity contribution in [2.24, 2.45) is 17.1 Å². The monoisotopic (exact) mass is 297 g/mol. The van der Waals surface area contributed by atoms with Crippen molar-refractivity contribution < 1.29 is 9.53 Å². The van der Waals surface area contributed by atoms with Gasteiger partial charge in [-0.3, -0.25) is 4.79 Å². The van der Waals surface area contributed by atoms with Gasteiger partial charge in [0.2, 0.25) is 0 Å². The van der Waals surface area contributed by atoms with E-state index in [1.807, 2.05) is 30.3 Å². The first-order valence-corrected chi connectivity index (χ1v) is 7.01. The van der Waals surface area contributed by atoms with Crippen LogP contribution in [0.1, 0.15) is 38.7 Å². The molecular weight excluding hydrogens is 274 g/mol. The first-order valence-electron chi connectivity index (χ1n) is 7.01. The average molecular weight is 298 g/mol. The third-order valence-electron chi connectivity index (χ3n) is 4.31. The molecule has 20 heavy (non-hydrogen) atoms. The number of carbonyl (C=O) groups excluding carboxylic acids is 1. The standard InChI is InChI=1S/C16H23NO2.ClH/c1-12(2)16(9-8-14(17)10-16)15(18)19-11-13-6-4-3-5-7-13;/h3-7,12,14H,8-11,17H2,1-2H3;1H/t14-,16+;/m1./s1. The summed E-state index contributed by atoms with van der Waals surface area (Å²) in [5, 5.41) is 0. The molecule has 2 atom stereocenters. The summed E-state index contributed by atoms with van der Waals surface area (Å²) in [6.45, 7) is 4.52. The van der Waals surface area contributed by atoms with Gasteiger partial charge in [0.15, 0.2) is 0 Å². The lowest BCUT2D eigenvalue weighted by Gasteiger charge is -2.31. The molecule has 0 aliphatic heterocycles. The molecule has 2 rings (SSSR count). The van der Waals surface area contributed by atoms with E-state index in [4.69, 9.17) is 10.5 Å². The van der Waals surface area contributed by atoms with E-state index in [-0.39, 0.29) is 35.8 Å². The summed E-state index contributed by atoms with van der Waals surface area (Å²) in [5.74, 6) is 0.184. The molecule has 1 saturated carbocycles. The Morgan fingerprint density at radius 2 is 2.05 bits per heavy atom. The lowest BCUT2D eigenvalue weighted by molar-refractivity contribution is -0.160. The van der Waals surface area contributed by atoms with Crippen molar-refractivity contribution >= 4 is 18.4 Å². The van der Waals surface area contributed by atoms with Crippen LogP contribution in [0.2, 0.25) is 0 Å². The highest BCUT2D eigenvalue weighted by atomic mass is 35.5. The predicted octanol–water partition coefficient (Wildman–Crippen LogP) is 3.31. The Labute approximate surface area is 127 Å². The van der Waals surface area contributed by atoms with Crippen molar-refractivity contribution in [3.05, 3.63) is 35.9 Å². The topological polar surface area (TPSA) is 52.3 Å². The van der Waals surface area contributed by atoms with Crippen LogP contribution in [-0.4, -0.2) is 12.0 Å². The number of carbonyl (C=O) groups is 1. The third-order valence-corrected chi connectivity index (χ3v) is 4.31. The van der Waals surface area contributed by atoms with Crippen molar-refractivity contribution in [1.29, 1.82) is 0 Å². The van der Waals surface area contributed by atoms with Crippen LogP contribution in [0.25, 0.3) is 0 Å². The Bertz CT molecular complexity index is 435. The summed E-state index contributed by atoms with van der Waals surface area (Å²) in [5.41, 5.74) is 6.63. The molecule has 0 bridgehead atoms. The minimum Gasteiger partial charge on any atom is -0.460 e. The molecular formula is C16H24ClNO2. The molecule has 1 aromatic carbocycles. The predicted molar refractivity (Wildman–Crippen MR) is 82.6 cm³/mol. The van der Waals surface area contributed by atoms with Gasteiger partial charge < -0.3 is 10.5 Å². The van der Waals surface area contributed by atoms with E-state index >= 15 is 0 Å². The van der Waals surface area contributed by atoms with E-state index in [1.165, 1.54) is 0 Å². The fourth-order valence-corrected chi connectivity index (χ4v) is 2.93. The molecule has 4 heteroatoms. The number of benzene rings is 1. The third kappa shape index (κ3) is 3.53. The highest BCUT2D eigenvalue weighted by Crippen LogP contribution is 2.44. The lowest BCUT2D eigenvalue weighted by atomic mass is 9.75. The van der Waals surface area contributed by atoms with Crippen LogP contribution in [-0.2, 0) is 16.1 Å². The zero-order chi connectivity index (χ0) is 13.9. The average Bonchev–Trinajstić information content (AvgIpc) is 2.81. The SMILES string of the molecule is CC(C)[C@]1(C(=O)OCc2ccccc2)CC[C@@H](N)C1.Cl. The molecule has 2 N–H and O–H groups in total. The van der Waals surface area contributed by atoms with Gasteiger partial charge >= 0.3 is 5.97 Å². The van der Waals surface area contributed by atoms with Crippen LogP contribution in [0.4, 0.5) is 0 Å². The van der Waals surface area contributed by atoms with E-state index in [0.717, 1.165) is 24.8 Å². The molecule has 0 unspecified atom stereocenters. The van der Waals surface area contributed by atoms with Crippen LogP contribution in [0, 0.1) is 11.3 Å². The fourth-order valence-electron chi connectivity index (χ4n) is 2.93. The summed E-state index contributed by atoms with van der Waals surface area (Å²) < 4.78 is 5.53. The van der Waals surface area contributed by atoms with Gasteiger partial charge in [-0.25, -0.2) is 0 Å². The highest BCUT2D eigenvalue weighted by molar-refractivity contribution is 5.85. The van der Waals surface area contributed by atoms with Crippen molar-refractivity contribution in [2.75, 3.05) is 0 Å². The molecule has 112 valence electrons. The molecule has 1 fully saturated rings. The number of hydrogen-bond donors (Lipinski definition) is 1. The van der Waals surface area contributed by atoms with Gasteiger partial charge in [0, 0.05) is 6.04 Å². The number of ether oxygens (including phenoxy) is 1. The van der Waals surface area contributed by atoms with E-state index in [9.17, 15) is 4.79 Å². The largest absolute Gasteiger partial charge is 0.460 e. The number of hydrogen-bond acceptors (Lipinski definition) is 3. The molecule has 0 spiro atoms. The molecule has 0 amide bonds. The van der Waals surface area contributed by atoms with Crippen molar-refractivity contribution in [3.8, 4) is 0 Å². The highest BCUT2D eigenvalue weighted by Gasteiger charge is 2.47. The van der Waals surface area contributed by atoms with Crippen molar-refractivity contribution in [3.63, 3.8) is 0 Å². The normalized spacial score (nSPS) is 25.3. The van der Waals surface area contributed by atoms with Gasteiger partial charge in [0.25, 0.3) is 0 Å². The first-order chi connectivity index (χ1) is 9.04. The van der Waals surface area contributed by atoms with Crippen LogP contribution in [0.5, 0.6) is 0 Å².